The minimum atomic E-state index is -0.681. The molecule has 1 aliphatic carbocycles. The van der Waals surface area contributed by atoms with Crippen LogP contribution in [-0.4, -0.2) is 23.2 Å². The summed E-state index contributed by atoms with van der Waals surface area (Å²) in [6.07, 6.45) is 5.47. The lowest BCUT2D eigenvalue weighted by Gasteiger charge is -2.36. The predicted octanol–water partition coefficient (Wildman–Crippen LogP) is 2.58. The molecule has 3 nitrogen and oxygen atoms in total. The van der Waals surface area contributed by atoms with Gasteiger partial charge in [-0.15, -0.1) is 0 Å². The molecule has 0 unspecified atom stereocenters. The van der Waals surface area contributed by atoms with Crippen LogP contribution < -0.4 is 5.32 Å². The van der Waals surface area contributed by atoms with E-state index in [1.165, 1.54) is 0 Å². The number of benzene rings is 1. The molecule has 1 aliphatic rings. The number of fused-ring (bicyclic) bond motifs is 1. The van der Waals surface area contributed by atoms with Gasteiger partial charge in [-0.25, -0.2) is 0 Å². The van der Waals surface area contributed by atoms with Crippen LogP contribution in [0.1, 0.15) is 31.2 Å². The zero-order valence-corrected chi connectivity index (χ0v) is 11.3. The molecule has 3 heteroatoms. The molecule has 1 heterocycles. The largest absolute Gasteiger partial charge is 0.385 e. The Bertz CT molecular complexity index is 574. The lowest BCUT2D eigenvalue weighted by molar-refractivity contribution is -0.00752. The van der Waals surface area contributed by atoms with Gasteiger partial charge in [0, 0.05) is 17.6 Å². The molecular formula is C16H20N2O. The van der Waals surface area contributed by atoms with Gasteiger partial charge in [0.15, 0.2) is 0 Å². The van der Waals surface area contributed by atoms with Crippen molar-refractivity contribution in [3.63, 3.8) is 0 Å². The highest BCUT2D eigenvalue weighted by atomic mass is 16.3. The molecule has 1 aromatic carbocycles. The summed E-state index contributed by atoms with van der Waals surface area (Å²) in [7, 11) is 2.00. The fraction of sp³-hybridized carbons (Fsp3) is 0.438. The van der Waals surface area contributed by atoms with E-state index in [-0.39, 0.29) is 0 Å². The van der Waals surface area contributed by atoms with Crippen molar-refractivity contribution in [2.24, 2.45) is 0 Å². The van der Waals surface area contributed by atoms with Crippen LogP contribution in [0.15, 0.2) is 36.5 Å². The van der Waals surface area contributed by atoms with Gasteiger partial charge in [0.05, 0.1) is 11.1 Å². The molecule has 1 aromatic heterocycles. The van der Waals surface area contributed by atoms with E-state index in [1.54, 1.807) is 6.20 Å². The van der Waals surface area contributed by atoms with Gasteiger partial charge in [0.1, 0.15) is 0 Å². The summed E-state index contributed by atoms with van der Waals surface area (Å²) in [6.45, 7) is 0. The van der Waals surface area contributed by atoms with E-state index in [0.717, 1.165) is 42.1 Å². The van der Waals surface area contributed by atoms with E-state index in [1.807, 2.05) is 31.3 Å². The Labute approximate surface area is 113 Å². The third-order valence-corrected chi connectivity index (χ3v) is 4.36. The lowest BCUT2D eigenvalue weighted by atomic mass is 9.77. The number of rotatable bonds is 2. The second-order valence-electron chi connectivity index (χ2n) is 5.51. The van der Waals surface area contributed by atoms with Gasteiger partial charge in [-0.3, -0.25) is 4.98 Å². The molecule has 0 atom stereocenters. The molecule has 0 aliphatic heterocycles. The number of hydrogen-bond donors (Lipinski definition) is 2. The van der Waals surface area contributed by atoms with Gasteiger partial charge in [-0.05, 0) is 50.4 Å². The molecule has 0 radical (unpaired) electrons. The summed E-state index contributed by atoms with van der Waals surface area (Å²) < 4.78 is 0. The van der Waals surface area contributed by atoms with Gasteiger partial charge < -0.3 is 10.4 Å². The molecule has 0 amide bonds. The number of pyridine rings is 1. The van der Waals surface area contributed by atoms with Crippen molar-refractivity contribution >= 4 is 10.9 Å². The Kier molecular flexibility index (Phi) is 3.25. The molecule has 0 saturated heterocycles. The number of aliphatic hydroxyl groups is 1. The monoisotopic (exact) mass is 256 g/mol. The van der Waals surface area contributed by atoms with Crippen molar-refractivity contribution in [2.75, 3.05) is 7.05 Å². The number of aromatic nitrogens is 1. The Hall–Kier alpha value is -1.45. The number of nitrogens with one attached hydrogen (secondary N) is 1. The first-order valence-electron chi connectivity index (χ1n) is 6.96. The van der Waals surface area contributed by atoms with Crippen molar-refractivity contribution < 1.29 is 5.11 Å². The highest BCUT2D eigenvalue weighted by molar-refractivity contribution is 5.79. The van der Waals surface area contributed by atoms with Gasteiger partial charge >= 0.3 is 0 Å². The second kappa shape index (κ2) is 4.91. The maximum absolute atomic E-state index is 10.9. The van der Waals surface area contributed by atoms with E-state index >= 15 is 0 Å². The van der Waals surface area contributed by atoms with Crippen LogP contribution in [0.5, 0.6) is 0 Å². The third kappa shape index (κ3) is 2.36. The summed E-state index contributed by atoms with van der Waals surface area (Å²) >= 11 is 0. The van der Waals surface area contributed by atoms with Crippen LogP contribution in [0, 0.1) is 0 Å². The highest BCUT2D eigenvalue weighted by Crippen LogP contribution is 2.37. The molecule has 1 saturated carbocycles. The average Bonchev–Trinajstić information content (AvgIpc) is 2.47. The molecule has 0 spiro atoms. The van der Waals surface area contributed by atoms with E-state index in [9.17, 15) is 5.11 Å². The minimum Gasteiger partial charge on any atom is -0.385 e. The standard InChI is InChI=1S/C16H20N2O/c1-17-14-6-8-16(19,9-7-14)13-5-4-12-3-2-10-18-15(12)11-13/h2-5,10-11,14,17,19H,6-9H2,1H3. The molecule has 0 bridgehead atoms. The lowest BCUT2D eigenvalue weighted by Crippen LogP contribution is -2.38. The Balaban J connectivity index is 1.91. The van der Waals surface area contributed by atoms with Crippen molar-refractivity contribution in [3.8, 4) is 0 Å². The maximum atomic E-state index is 10.9. The summed E-state index contributed by atoms with van der Waals surface area (Å²) in [5.41, 5.74) is 1.29. The van der Waals surface area contributed by atoms with Crippen molar-refractivity contribution in [3.05, 3.63) is 42.1 Å². The molecule has 3 rings (SSSR count). The normalized spacial score (nSPS) is 27.6. The van der Waals surface area contributed by atoms with Gasteiger partial charge in [-0.1, -0.05) is 18.2 Å². The molecule has 1 fully saturated rings. The fourth-order valence-electron chi connectivity index (χ4n) is 3.03. The summed E-state index contributed by atoms with van der Waals surface area (Å²) in [5.74, 6) is 0. The smallest absolute Gasteiger partial charge is 0.0898 e. The Morgan fingerprint density at radius 1 is 1.26 bits per heavy atom. The average molecular weight is 256 g/mol. The Morgan fingerprint density at radius 2 is 2.05 bits per heavy atom. The fourth-order valence-corrected chi connectivity index (χ4v) is 3.03. The van der Waals surface area contributed by atoms with Crippen LogP contribution in [0.25, 0.3) is 10.9 Å². The molecule has 2 N–H and O–H groups in total. The first-order valence-corrected chi connectivity index (χ1v) is 6.96. The first kappa shape index (κ1) is 12.6. The zero-order chi connectivity index (χ0) is 13.3. The van der Waals surface area contributed by atoms with Crippen molar-refractivity contribution in [1.29, 1.82) is 0 Å². The van der Waals surface area contributed by atoms with E-state index in [0.29, 0.717) is 6.04 Å². The van der Waals surface area contributed by atoms with Crippen molar-refractivity contribution in [2.45, 2.75) is 37.3 Å². The van der Waals surface area contributed by atoms with E-state index in [4.69, 9.17) is 0 Å². The summed E-state index contributed by atoms with van der Waals surface area (Å²) in [5, 5.41) is 15.3. The van der Waals surface area contributed by atoms with Crippen LogP contribution in [0.4, 0.5) is 0 Å². The van der Waals surface area contributed by atoms with Gasteiger partial charge in [0.2, 0.25) is 0 Å². The second-order valence-corrected chi connectivity index (χ2v) is 5.51. The first-order chi connectivity index (χ1) is 9.21. The van der Waals surface area contributed by atoms with Gasteiger partial charge in [0.25, 0.3) is 0 Å². The van der Waals surface area contributed by atoms with Crippen LogP contribution >= 0.6 is 0 Å². The SMILES string of the molecule is CNC1CCC(O)(c2ccc3cccnc3c2)CC1. The van der Waals surface area contributed by atoms with Crippen LogP contribution in [0.3, 0.4) is 0 Å². The van der Waals surface area contributed by atoms with E-state index in [2.05, 4.69) is 16.4 Å². The Morgan fingerprint density at radius 3 is 2.79 bits per heavy atom. The summed E-state index contributed by atoms with van der Waals surface area (Å²) in [4.78, 5) is 4.38. The predicted molar refractivity (Wildman–Crippen MR) is 77.0 cm³/mol. The van der Waals surface area contributed by atoms with Crippen LogP contribution in [0.2, 0.25) is 0 Å². The van der Waals surface area contributed by atoms with E-state index < -0.39 is 5.60 Å². The topological polar surface area (TPSA) is 45.1 Å². The molecule has 100 valence electrons. The van der Waals surface area contributed by atoms with Crippen molar-refractivity contribution in [1.82, 2.24) is 10.3 Å². The number of hydrogen-bond acceptors (Lipinski definition) is 3. The van der Waals surface area contributed by atoms with Crippen LogP contribution in [-0.2, 0) is 5.60 Å². The number of nitrogens with zero attached hydrogens (tertiary/aromatic N) is 1. The molecular weight excluding hydrogens is 236 g/mol. The highest BCUT2D eigenvalue weighted by Gasteiger charge is 2.34. The van der Waals surface area contributed by atoms with Gasteiger partial charge in [-0.2, -0.15) is 0 Å². The minimum absolute atomic E-state index is 0.541. The maximum Gasteiger partial charge on any atom is 0.0898 e. The quantitative estimate of drug-likeness (QED) is 0.868. The zero-order valence-electron chi connectivity index (χ0n) is 11.3. The molecule has 19 heavy (non-hydrogen) atoms. The summed E-state index contributed by atoms with van der Waals surface area (Å²) in [6, 6.07) is 10.7. The third-order valence-electron chi connectivity index (χ3n) is 4.36. The molecule has 2 aromatic rings.